The van der Waals surface area contributed by atoms with Gasteiger partial charge in [-0.25, -0.2) is 4.79 Å². The minimum absolute atomic E-state index is 0.178. The number of rotatable bonds is 5. The SMILES string of the molecule is CCC1CCC(Nc2ccccc2OC)(C(=O)OC)CC1. The summed E-state index contributed by atoms with van der Waals surface area (Å²) in [5.74, 6) is 1.28. The van der Waals surface area contributed by atoms with Gasteiger partial charge in [0.05, 0.1) is 19.9 Å². The molecule has 21 heavy (non-hydrogen) atoms. The molecule has 0 radical (unpaired) electrons. The number of benzene rings is 1. The molecule has 2 rings (SSSR count). The van der Waals surface area contributed by atoms with E-state index in [0.29, 0.717) is 5.92 Å². The minimum Gasteiger partial charge on any atom is -0.495 e. The Labute approximate surface area is 126 Å². The number of carbonyl (C=O) groups is 1. The highest BCUT2D eigenvalue weighted by molar-refractivity contribution is 5.85. The third-order valence-corrected chi connectivity index (χ3v) is 4.59. The number of ether oxygens (including phenoxy) is 2. The van der Waals surface area contributed by atoms with Gasteiger partial charge in [-0.2, -0.15) is 0 Å². The lowest BCUT2D eigenvalue weighted by Crippen LogP contribution is -2.49. The molecular formula is C17H25NO3. The van der Waals surface area contributed by atoms with Crippen LogP contribution >= 0.6 is 0 Å². The third kappa shape index (κ3) is 3.31. The average Bonchev–Trinajstić information content (AvgIpc) is 2.55. The van der Waals surface area contributed by atoms with Crippen LogP contribution in [0.5, 0.6) is 5.75 Å². The molecule has 1 aromatic rings. The van der Waals surface area contributed by atoms with E-state index in [-0.39, 0.29) is 5.97 Å². The Morgan fingerprint density at radius 1 is 1.29 bits per heavy atom. The first kappa shape index (κ1) is 15.7. The Morgan fingerprint density at radius 2 is 1.95 bits per heavy atom. The van der Waals surface area contributed by atoms with Gasteiger partial charge in [0.2, 0.25) is 0 Å². The predicted octanol–water partition coefficient (Wildman–Crippen LogP) is 3.62. The van der Waals surface area contributed by atoms with Gasteiger partial charge in [0.1, 0.15) is 11.3 Å². The highest BCUT2D eigenvalue weighted by atomic mass is 16.5. The molecule has 0 aliphatic heterocycles. The summed E-state index contributed by atoms with van der Waals surface area (Å²) in [5.41, 5.74) is 0.218. The monoisotopic (exact) mass is 291 g/mol. The van der Waals surface area contributed by atoms with E-state index in [2.05, 4.69) is 12.2 Å². The smallest absolute Gasteiger partial charge is 0.331 e. The molecule has 1 aromatic carbocycles. The molecule has 0 aromatic heterocycles. The van der Waals surface area contributed by atoms with Crippen LogP contribution in [0.15, 0.2) is 24.3 Å². The molecule has 116 valence electrons. The van der Waals surface area contributed by atoms with Crippen LogP contribution in [0, 0.1) is 5.92 Å². The number of carbonyl (C=O) groups excluding carboxylic acids is 1. The Kier molecular flexibility index (Phi) is 5.10. The molecule has 4 nitrogen and oxygen atoms in total. The second-order valence-corrected chi connectivity index (χ2v) is 5.75. The van der Waals surface area contributed by atoms with E-state index in [9.17, 15) is 4.79 Å². The Balaban J connectivity index is 2.23. The number of hydrogen-bond donors (Lipinski definition) is 1. The van der Waals surface area contributed by atoms with Gasteiger partial charge in [-0.3, -0.25) is 0 Å². The molecular weight excluding hydrogens is 266 g/mol. The molecule has 1 N–H and O–H groups in total. The lowest BCUT2D eigenvalue weighted by molar-refractivity contribution is -0.147. The van der Waals surface area contributed by atoms with Crippen molar-refractivity contribution in [2.24, 2.45) is 5.92 Å². The normalized spacial score (nSPS) is 25.2. The molecule has 0 spiro atoms. The fourth-order valence-corrected chi connectivity index (χ4v) is 3.16. The lowest BCUT2D eigenvalue weighted by atomic mass is 9.75. The van der Waals surface area contributed by atoms with Crippen molar-refractivity contribution in [1.29, 1.82) is 0 Å². The maximum absolute atomic E-state index is 12.4. The van der Waals surface area contributed by atoms with Crippen molar-refractivity contribution in [3.05, 3.63) is 24.3 Å². The zero-order valence-electron chi connectivity index (χ0n) is 13.1. The second kappa shape index (κ2) is 6.83. The molecule has 1 aliphatic carbocycles. The zero-order valence-corrected chi connectivity index (χ0v) is 13.1. The standard InChI is InChI=1S/C17H25NO3/c1-4-13-9-11-17(12-10-13,16(19)21-3)18-14-7-5-6-8-15(14)20-2/h5-8,13,18H,4,9-12H2,1-3H3. The van der Waals surface area contributed by atoms with E-state index in [1.807, 2.05) is 24.3 Å². The maximum Gasteiger partial charge on any atom is 0.331 e. The quantitative estimate of drug-likeness (QED) is 0.842. The first-order valence-electron chi connectivity index (χ1n) is 7.65. The first-order valence-corrected chi connectivity index (χ1v) is 7.65. The molecule has 0 saturated heterocycles. The summed E-state index contributed by atoms with van der Waals surface area (Å²) in [6, 6.07) is 7.69. The van der Waals surface area contributed by atoms with Gasteiger partial charge in [-0.15, -0.1) is 0 Å². The van der Waals surface area contributed by atoms with Crippen LogP contribution in [-0.4, -0.2) is 25.7 Å². The van der Waals surface area contributed by atoms with Crippen LogP contribution in [0.3, 0.4) is 0 Å². The van der Waals surface area contributed by atoms with Gasteiger partial charge in [0.25, 0.3) is 0 Å². The Bertz CT molecular complexity index is 479. The highest BCUT2D eigenvalue weighted by Gasteiger charge is 2.43. The first-order chi connectivity index (χ1) is 10.1. The topological polar surface area (TPSA) is 47.6 Å². The van der Waals surface area contributed by atoms with E-state index in [1.165, 1.54) is 13.5 Å². The number of anilines is 1. The minimum atomic E-state index is -0.630. The van der Waals surface area contributed by atoms with Crippen molar-refractivity contribution in [1.82, 2.24) is 0 Å². The van der Waals surface area contributed by atoms with Crippen molar-refractivity contribution in [2.75, 3.05) is 19.5 Å². The van der Waals surface area contributed by atoms with E-state index in [4.69, 9.17) is 9.47 Å². The summed E-state index contributed by atoms with van der Waals surface area (Å²) in [5, 5.41) is 3.41. The number of methoxy groups -OCH3 is 2. The molecule has 0 heterocycles. The fraction of sp³-hybridized carbons (Fsp3) is 0.588. The van der Waals surface area contributed by atoms with Gasteiger partial charge >= 0.3 is 5.97 Å². The average molecular weight is 291 g/mol. The summed E-state index contributed by atoms with van der Waals surface area (Å²) in [7, 11) is 3.10. The van der Waals surface area contributed by atoms with Crippen LogP contribution in [0.4, 0.5) is 5.69 Å². The van der Waals surface area contributed by atoms with E-state index in [0.717, 1.165) is 37.1 Å². The molecule has 1 aliphatic rings. The van der Waals surface area contributed by atoms with Gasteiger partial charge in [0, 0.05) is 0 Å². The van der Waals surface area contributed by atoms with Crippen molar-refractivity contribution >= 4 is 11.7 Å². The summed E-state index contributed by atoms with van der Waals surface area (Å²) >= 11 is 0. The summed E-state index contributed by atoms with van der Waals surface area (Å²) in [4.78, 5) is 12.4. The Hall–Kier alpha value is -1.71. The van der Waals surface area contributed by atoms with E-state index >= 15 is 0 Å². The predicted molar refractivity (Wildman–Crippen MR) is 83.6 cm³/mol. The summed E-state index contributed by atoms with van der Waals surface area (Å²) in [6.45, 7) is 2.21. The number of esters is 1. The van der Waals surface area contributed by atoms with Crippen LogP contribution in [0.1, 0.15) is 39.0 Å². The molecule has 1 saturated carbocycles. The van der Waals surface area contributed by atoms with E-state index in [1.54, 1.807) is 7.11 Å². The van der Waals surface area contributed by atoms with Gasteiger partial charge in [-0.1, -0.05) is 25.5 Å². The molecule has 0 unspecified atom stereocenters. The zero-order chi connectivity index (χ0) is 15.3. The van der Waals surface area contributed by atoms with Crippen molar-refractivity contribution in [3.8, 4) is 5.75 Å². The molecule has 0 bridgehead atoms. The summed E-state index contributed by atoms with van der Waals surface area (Å²) in [6.07, 6.45) is 4.87. The van der Waals surface area contributed by atoms with Crippen molar-refractivity contribution in [3.63, 3.8) is 0 Å². The van der Waals surface area contributed by atoms with Crippen LogP contribution in [-0.2, 0) is 9.53 Å². The molecule has 0 atom stereocenters. The largest absolute Gasteiger partial charge is 0.495 e. The maximum atomic E-state index is 12.4. The third-order valence-electron chi connectivity index (χ3n) is 4.59. The number of nitrogens with one attached hydrogen (secondary N) is 1. The molecule has 4 heteroatoms. The molecule has 0 amide bonds. The van der Waals surface area contributed by atoms with Gasteiger partial charge in [0.15, 0.2) is 0 Å². The van der Waals surface area contributed by atoms with Crippen LogP contribution in [0.2, 0.25) is 0 Å². The number of para-hydroxylation sites is 2. The fourth-order valence-electron chi connectivity index (χ4n) is 3.16. The van der Waals surface area contributed by atoms with Gasteiger partial charge < -0.3 is 14.8 Å². The molecule has 1 fully saturated rings. The van der Waals surface area contributed by atoms with Crippen LogP contribution < -0.4 is 10.1 Å². The van der Waals surface area contributed by atoms with Crippen LogP contribution in [0.25, 0.3) is 0 Å². The Morgan fingerprint density at radius 3 is 2.52 bits per heavy atom. The van der Waals surface area contributed by atoms with Gasteiger partial charge in [-0.05, 0) is 43.7 Å². The van der Waals surface area contributed by atoms with E-state index < -0.39 is 5.54 Å². The number of hydrogen-bond acceptors (Lipinski definition) is 4. The lowest BCUT2D eigenvalue weighted by Gasteiger charge is -2.39. The second-order valence-electron chi connectivity index (χ2n) is 5.75. The van der Waals surface area contributed by atoms with Crippen molar-refractivity contribution < 1.29 is 14.3 Å². The summed E-state index contributed by atoms with van der Waals surface area (Å²) < 4.78 is 10.4. The van der Waals surface area contributed by atoms with Crippen molar-refractivity contribution in [2.45, 2.75) is 44.6 Å². The highest BCUT2D eigenvalue weighted by Crippen LogP contribution is 2.38.